The Balaban J connectivity index is 0. The molecule has 0 radical (unpaired) electrons. The number of hydrogen-bond donors (Lipinski definition) is 1. The van der Waals surface area contributed by atoms with Gasteiger partial charge in [0, 0.05) is 12.1 Å². The van der Waals surface area contributed by atoms with Crippen molar-refractivity contribution in [2.45, 2.75) is 39.3 Å². The van der Waals surface area contributed by atoms with Gasteiger partial charge in [0.15, 0.2) is 0 Å². The highest BCUT2D eigenvalue weighted by Crippen LogP contribution is 2.01. The van der Waals surface area contributed by atoms with E-state index in [1.807, 2.05) is 40.1 Å². The Labute approximate surface area is 89.5 Å². The molecular weight excluding hydrogens is 172 g/mol. The van der Waals surface area contributed by atoms with Crippen LogP contribution in [-0.4, -0.2) is 31.1 Å². The van der Waals surface area contributed by atoms with Gasteiger partial charge in [-0.1, -0.05) is 39.0 Å². The first-order valence-corrected chi connectivity index (χ1v) is 5.34. The van der Waals surface area contributed by atoms with Gasteiger partial charge < -0.3 is 10.6 Å². The zero-order valence-corrected chi connectivity index (χ0v) is 10.3. The molecule has 2 unspecified atom stereocenters. The van der Waals surface area contributed by atoms with E-state index in [2.05, 4.69) is 24.5 Å². The SMILES string of the molecule is C=CC(C(N)/C=C\CC)N(C)C.CC. The molecule has 0 saturated heterocycles. The largest absolute Gasteiger partial charge is 0.323 e. The first-order chi connectivity index (χ1) is 6.63. The van der Waals surface area contributed by atoms with Gasteiger partial charge in [-0.2, -0.15) is 0 Å². The molecule has 0 aromatic carbocycles. The summed E-state index contributed by atoms with van der Waals surface area (Å²) in [5.74, 6) is 0. The van der Waals surface area contributed by atoms with Gasteiger partial charge in [0.05, 0.1) is 0 Å². The van der Waals surface area contributed by atoms with Crippen molar-refractivity contribution in [3.8, 4) is 0 Å². The summed E-state index contributed by atoms with van der Waals surface area (Å²) in [4.78, 5) is 2.07. The van der Waals surface area contributed by atoms with E-state index in [-0.39, 0.29) is 12.1 Å². The molecule has 0 aromatic rings. The van der Waals surface area contributed by atoms with Gasteiger partial charge in [-0.05, 0) is 20.5 Å². The van der Waals surface area contributed by atoms with Crippen LogP contribution in [0.25, 0.3) is 0 Å². The fourth-order valence-electron chi connectivity index (χ4n) is 1.12. The molecule has 0 aromatic heterocycles. The van der Waals surface area contributed by atoms with E-state index in [9.17, 15) is 0 Å². The Morgan fingerprint density at radius 1 is 1.36 bits per heavy atom. The number of nitrogens with two attached hydrogens (primary N) is 1. The molecule has 0 aliphatic rings. The van der Waals surface area contributed by atoms with E-state index >= 15 is 0 Å². The summed E-state index contributed by atoms with van der Waals surface area (Å²) >= 11 is 0. The van der Waals surface area contributed by atoms with Crippen molar-refractivity contribution in [2.24, 2.45) is 5.73 Å². The van der Waals surface area contributed by atoms with E-state index in [1.165, 1.54) is 0 Å². The van der Waals surface area contributed by atoms with E-state index in [4.69, 9.17) is 5.73 Å². The zero-order chi connectivity index (χ0) is 11.6. The average Bonchev–Trinajstić information content (AvgIpc) is 2.18. The predicted molar refractivity (Wildman–Crippen MR) is 66.4 cm³/mol. The number of likely N-dealkylation sites (N-methyl/N-ethyl adjacent to an activating group) is 1. The van der Waals surface area contributed by atoms with Crippen molar-refractivity contribution in [3.05, 3.63) is 24.8 Å². The highest BCUT2D eigenvalue weighted by molar-refractivity contribution is 5.04. The highest BCUT2D eigenvalue weighted by Gasteiger charge is 2.12. The summed E-state index contributed by atoms with van der Waals surface area (Å²) < 4.78 is 0. The van der Waals surface area contributed by atoms with Crippen molar-refractivity contribution in [1.82, 2.24) is 4.90 Å². The van der Waals surface area contributed by atoms with Crippen LogP contribution >= 0.6 is 0 Å². The van der Waals surface area contributed by atoms with E-state index < -0.39 is 0 Å². The lowest BCUT2D eigenvalue weighted by molar-refractivity contribution is 0.323. The second kappa shape index (κ2) is 10.5. The molecule has 0 heterocycles. The Morgan fingerprint density at radius 2 is 1.86 bits per heavy atom. The first kappa shape index (κ1) is 15.9. The van der Waals surface area contributed by atoms with Crippen molar-refractivity contribution in [3.63, 3.8) is 0 Å². The maximum Gasteiger partial charge on any atom is 0.0457 e. The van der Waals surface area contributed by atoms with Crippen molar-refractivity contribution < 1.29 is 0 Å². The molecule has 0 amide bonds. The van der Waals surface area contributed by atoms with E-state index in [0.29, 0.717) is 0 Å². The summed E-state index contributed by atoms with van der Waals surface area (Å²) in [5.41, 5.74) is 5.92. The third kappa shape index (κ3) is 6.87. The predicted octanol–water partition coefficient (Wildman–Crippen LogP) is 2.42. The van der Waals surface area contributed by atoms with Gasteiger partial charge >= 0.3 is 0 Å². The standard InChI is InChI=1S/C10H20N2.C2H6/c1-5-7-8-9(11)10(6-2)12(3)4;1-2/h6-10H,2,5,11H2,1,3-4H3;1-2H3/b8-7-;. The molecule has 2 nitrogen and oxygen atoms in total. The zero-order valence-electron chi connectivity index (χ0n) is 10.3. The van der Waals surface area contributed by atoms with Crippen LogP contribution in [0.2, 0.25) is 0 Å². The smallest absolute Gasteiger partial charge is 0.0457 e. The van der Waals surface area contributed by atoms with Crippen molar-refractivity contribution in [2.75, 3.05) is 14.1 Å². The molecule has 0 spiro atoms. The minimum atomic E-state index is 0.0532. The molecular formula is C12H26N2. The van der Waals surface area contributed by atoms with E-state index in [0.717, 1.165) is 6.42 Å². The molecule has 2 atom stereocenters. The van der Waals surface area contributed by atoms with Gasteiger partial charge in [0.1, 0.15) is 0 Å². The maximum absolute atomic E-state index is 5.92. The molecule has 0 rings (SSSR count). The molecule has 0 bridgehead atoms. The van der Waals surface area contributed by atoms with E-state index in [1.54, 1.807) is 0 Å². The van der Waals surface area contributed by atoms with Crippen molar-refractivity contribution >= 4 is 0 Å². The second-order valence-corrected chi connectivity index (χ2v) is 3.10. The minimum Gasteiger partial charge on any atom is -0.323 e. The Kier molecular flexibility index (Phi) is 11.9. The fourth-order valence-corrected chi connectivity index (χ4v) is 1.12. The Bertz CT molecular complexity index is 150. The number of rotatable bonds is 5. The lowest BCUT2D eigenvalue weighted by atomic mass is 10.1. The van der Waals surface area contributed by atoms with Gasteiger partial charge in [-0.25, -0.2) is 0 Å². The number of allylic oxidation sites excluding steroid dienone is 1. The quantitative estimate of drug-likeness (QED) is 0.687. The lowest BCUT2D eigenvalue weighted by Gasteiger charge is -2.24. The number of nitrogens with zero attached hydrogens (tertiary/aromatic N) is 1. The van der Waals surface area contributed by atoms with Crippen LogP contribution in [0.4, 0.5) is 0 Å². The van der Waals surface area contributed by atoms with Gasteiger partial charge in [-0.3, -0.25) is 0 Å². The van der Waals surface area contributed by atoms with Crippen LogP contribution in [0.5, 0.6) is 0 Å². The van der Waals surface area contributed by atoms with Gasteiger partial charge in [0.25, 0.3) is 0 Å². The molecule has 0 saturated carbocycles. The summed E-state index contributed by atoms with van der Waals surface area (Å²) in [6.07, 6.45) is 7.03. The van der Waals surface area contributed by atoms with Crippen LogP contribution in [0.15, 0.2) is 24.8 Å². The third-order valence-corrected chi connectivity index (χ3v) is 1.83. The second-order valence-electron chi connectivity index (χ2n) is 3.10. The summed E-state index contributed by atoms with van der Waals surface area (Å²) in [6.45, 7) is 9.85. The summed E-state index contributed by atoms with van der Waals surface area (Å²) in [6, 6.07) is 0.283. The lowest BCUT2D eigenvalue weighted by Crippen LogP contribution is -2.41. The molecule has 2 N–H and O–H groups in total. The normalized spacial score (nSPS) is 14.8. The Morgan fingerprint density at radius 3 is 2.14 bits per heavy atom. The topological polar surface area (TPSA) is 29.3 Å². The summed E-state index contributed by atoms with van der Waals surface area (Å²) in [5, 5.41) is 0. The fraction of sp³-hybridized carbons (Fsp3) is 0.667. The van der Waals surface area contributed by atoms with Crippen LogP contribution in [0.3, 0.4) is 0 Å². The number of hydrogen-bond acceptors (Lipinski definition) is 2. The molecule has 84 valence electrons. The highest BCUT2D eigenvalue weighted by atomic mass is 15.1. The maximum atomic E-state index is 5.92. The molecule has 0 fully saturated rings. The van der Waals surface area contributed by atoms with Crippen LogP contribution in [0.1, 0.15) is 27.2 Å². The Hall–Kier alpha value is -0.600. The van der Waals surface area contributed by atoms with Gasteiger partial charge in [-0.15, -0.1) is 6.58 Å². The van der Waals surface area contributed by atoms with Crippen LogP contribution < -0.4 is 5.73 Å². The summed E-state index contributed by atoms with van der Waals surface area (Å²) in [7, 11) is 4.01. The van der Waals surface area contributed by atoms with Crippen LogP contribution in [-0.2, 0) is 0 Å². The monoisotopic (exact) mass is 198 g/mol. The molecule has 0 aliphatic heterocycles. The minimum absolute atomic E-state index is 0.0532. The average molecular weight is 198 g/mol. The van der Waals surface area contributed by atoms with Crippen LogP contribution in [0, 0.1) is 0 Å². The molecule has 14 heavy (non-hydrogen) atoms. The van der Waals surface area contributed by atoms with Gasteiger partial charge in [0.2, 0.25) is 0 Å². The molecule has 2 heteroatoms. The molecule has 0 aliphatic carbocycles. The van der Waals surface area contributed by atoms with Crippen molar-refractivity contribution in [1.29, 1.82) is 0 Å². The first-order valence-electron chi connectivity index (χ1n) is 5.34. The third-order valence-electron chi connectivity index (χ3n) is 1.83.